The van der Waals surface area contributed by atoms with Crippen LogP contribution in [0.4, 0.5) is 0 Å². The van der Waals surface area contributed by atoms with Gasteiger partial charge in [-0.05, 0) is 18.9 Å². The van der Waals surface area contributed by atoms with Crippen LogP contribution in [0.3, 0.4) is 0 Å². The molecule has 0 radical (unpaired) electrons. The highest BCUT2D eigenvalue weighted by atomic mass is 32.1. The maximum atomic E-state index is 11.7. The van der Waals surface area contributed by atoms with E-state index in [0.29, 0.717) is 0 Å². The van der Waals surface area contributed by atoms with Gasteiger partial charge in [0.05, 0.1) is 10.7 Å². The fourth-order valence-electron chi connectivity index (χ4n) is 1.55. The zero-order valence-electron chi connectivity index (χ0n) is 11.3. The molecule has 2 unspecified atom stereocenters. The molecule has 0 aliphatic rings. The summed E-state index contributed by atoms with van der Waals surface area (Å²) in [6.45, 7) is 5.72. The number of nitrogens with two attached hydrogens (primary N) is 1. The molecular formula is C13H19N3O2S. The van der Waals surface area contributed by atoms with Gasteiger partial charge in [-0.1, -0.05) is 20.3 Å². The van der Waals surface area contributed by atoms with Gasteiger partial charge in [-0.3, -0.25) is 9.59 Å². The normalized spacial score (nSPS) is 14.3. The minimum absolute atomic E-state index is 0.0105. The molecule has 0 aliphatic carbocycles. The van der Waals surface area contributed by atoms with E-state index in [2.05, 4.69) is 10.3 Å². The van der Waals surface area contributed by atoms with Crippen LogP contribution in [0.1, 0.15) is 31.0 Å². The predicted octanol–water partition coefficient (Wildman–Crippen LogP) is 1.48. The zero-order chi connectivity index (χ0) is 14.4. The Hall–Kier alpha value is -1.69. The standard InChI is InChI=1S/C13H19N3O2S/c1-4-8(2)12(13(14)18)16-11(17)6-5-10-7-19-9(3)15-10/h5-8,12H,4H2,1-3H3,(H2,14,18)(H,16,17). The van der Waals surface area contributed by atoms with Gasteiger partial charge < -0.3 is 11.1 Å². The van der Waals surface area contributed by atoms with Gasteiger partial charge in [0.15, 0.2) is 0 Å². The number of carbonyl (C=O) groups excluding carboxylic acids is 2. The lowest BCUT2D eigenvalue weighted by atomic mass is 9.98. The summed E-state index contributed by atoms with van der Waals surface area (Å²) in [6, 6.07) is -0.640. The summed E-state index contributed by atoms with van der Waals surface area (Å²) in [5.74, 6) is -0.841. The Balaban J connectivity index is 2.62. The fraction of sp³-hybridized carbons (Fsp3) is 0.462. The highest BCUT2D eigenvalue weighted by Gasteiger charge is 2.22. The first-order valence-corrected chi connectivity index (χ1v) is 7.02. The van der Waals surface area contributed by atoms with Gasteiger partial charge in [-0.2, -0.15) is 0 Å². The lowest BCUT2D eigenvalue weighted by Gasteiger charge is -2.20. The summed E-state index contributed by atoms with van der Waals surface area (Å²) in [5, 5.41) is 5.42. The Bertz CT molecular complexity index is 482. The number of thiazole rings is 1. The second-order valence-corrected chi connectivity index (χ2v) is 5.46. The molecule has 0 fully saturated rings. The van der Waals surface area contributed by atoms with Crippen LogP contribution in [0.15, 0.2) is 11.5 Å². The Kier molecular flexibility index (Phi) is 5.69. The summed E-state index contributed by atoms with van der Waals surface area (Å²) in [7, 11) is 0. The predicted molar refractivity (Wildman–Crippen MR) is 76.5 cm³/mol. The molecule has 0 bridgehead atoms. The molecular weight excluding hydrogens is 262 g/mol. The topological polar surface area (TPSA) is 85.1 Å². The molecule has 6 heteroatoms. The van der Waals surface area contributed by atoms with Crippen LogP contribution in [0.5, 0.6) is 0 Å². The van der Waals surface area contributed by atoms with Crippen molar-refractivity contribution in [3.05, 3.63) is 22.2 Å². The number of rotatable bonds is 6. The van der Waals surface area contributed by atoms with Crippen molar-refractivity contribution in [1.82, 2.24) is 10.3 Å². The molecule has 5 nitrogen and oxygen atoms in total. The van der Waals surface area contributed by atoms with E-state index in [0.717, 1.165) is 17.1 Å². The Morgan fingerprint density at radius 2 is 2.26 bits per heavy atom. The minimum atomic E-state index is -0.640. The van der Waals surface area contributed by atoms with Gasteiger partial charge in [0.25, 0.3) is 0 Å². The Labute approximate surface area is 116 Å². The molecule has 1 rings (SSSR count). The molecule has 0 aromatic carbocycles. The van der Waals surface area contributed by atoms with Crippen molar-refractivity contribution in [3.63, 3.8) is 0 Å². The first kappa shape index (κ1) is 15.4. The average molecular weight is 281 g/mol. The van der Waals surface area contributed by atoms with Crippen molar-refractivity contribution in [2.75, 3.05) is 0 Å². The number of hydrogen-bond acceptors (Lipinski definition) is 4. The SMILES string of the molecule is CCC(C)C(NC(=O)C=Cc1csc(C)n1)C(N)=O. The molecule has 3 N–H and O–H groups in total. The lowest BCUT2D eigenvalue weighted by molar-refractivity contribution is -0.126. The van der Waals surface area contributed by atoms with Crippen molar-refractivity contribution in [3.8, 4) is 0 Å². The summed E-state index contributed by atoms with van der Waals surface area (Å²) in [4.78, 5) is 27.2. The molecule has 2 atom stereocenters. The number of nitrogens with one attached hydrogen (secondary N) is 1. The van der Waals surface area contributed by atoms with Gasteiger partial charge in [0.1, 0.15) is 6.04 Å². The van der Waals surface area contributed by atoms with Gasteiger partial charge >= 0.3 is 0 Å². The van der Waals surface area contributed by atoms with Crippen molar-refractivity contribution in [1.29, 1.82) is 0 Å². The van der Waals surface area contributed by atoms with Gasteiger partial charge in [-0.25, -0.2) is 4.98 Å². The van der Waals surface area contributed by atoms with Crippen molar-refractivity contribution in [2.24, 2.45) is 11.7 Å². The van der Waals surface area contributed by atoms with Gasteiger partial charge in [0, 0.05) is 11.5 Å². The number of aromatic nitrogens is 1. The summed E-state index contributed by atoms with van der Waals surface area (Å²) < 4.78 is 0. The van der Waals surface area contributed by atoms with Crippen molar-refractivity contribution >= 4 is 29.2 Å². The van der Waals surface area contributed by atoms with Gasteiger partial charge in [-0.15, -0.1) is 11.3 Å². The first-order valence-electron chi connectivity index (χ1n) is 6.14. The number of hydrogen-bond donors (Lipinski definition) is 2. The highest BCUT2D eigenvalue weighted by Crippen LogP contribution is 2.10. The smallest absolute Gasteiger partial charge is 0.244 e. The zero-order valence-corrected chi connectivity index (χ0v) is 12.2. The monoisotopic (exact) mass is 281 g/mol. The van der Waals surface area contributed by atoms with E-state index < -0.39 is 11.9 Å². The number of carbonyl (C=O) groups is 2. The lowest BCUT2D eigenvalue weighted by Crippen LogP contribution is -2.47. The van der Waals surface area contributed by atoms with Crippen LogP contribution < -0.4 is 11.1 Å². The quantitative estimate of drug-likeness (QED) is 0.774. The van der Waals surface area contributed by atoms with Crippen LogP contribution >= 0.6 is 11.3 Å². The van der Waals surface area contributed by atoms with E-state index in [1.54, 1.807) is 6.08 Å². The molecule has 1 aromatic heterocycles. The molecule has 1 heterocycles. The van der Waals surface area contributed by atoms with E-state index >= 15 is 0 Å². The Morgan fingerprint density at radius 3 is 2.74 bits per heavy atom. The maximum absolute atomic E-state index is 11.7. The molecule has 104 valence electrons. The van der Waals surface area contributed by atoms with E-state index in [-0.39, 0.29) is 11.8 Å². The fourth-order valence-corrected chi connectivity index (χ4v) is 2.13. The largest absolute Gasteiger partial charge is 0.368 e. The minimum Gasteiger partial charge on any atom is -0.368 e. The van der Waals surface area contributed by atoms with Crippen LogP contribution in [-0.4, -0.2) is 22.8 Å². The molecule has 1 aromatic rings. The van der Waals surface area contributed by atoms with Crippen molar-refractivity contribution < 1.29 is 9.59 Å². The first-order chi connectivity index (χ1) is 8.93. The van der Waals surface area contributed by atoms with E-state index in [1.165, 1.54) is 17.4 Å². The number of amides is 2. The Morgan fingerprint density at radius 1 is 1.58 bits per heavy atom. The summed E-state index contributed by atoms with van der Waals surface area (Å²) >= 11 is 1.52. The van der Waals surface area contributed by atoms with Crippen LogP contribution in [0.25, 0.3) is 6.08 Å². The molecule has 0 saturated carbocycles. The number of aryl methyl sites for hydroxylation is 1. The second kappa shape index (κ2) is 7.04. The summed E-state index contributed by atoms with van der Waals surface area (Å²) in [5.41, 5.74) is 6.02. The third-order valence-corrected chi connectivity index (χ3v) is 3.65. The van der Waals surface area contributed by atoms with E-state index in [4.69, 9.17) is 5.73 Å². The van der Waals surface area contributed by atoms with Crippen molar-refractivity contribution in [2.45, 2.75) is 33.2 Å². The second-order valence-electron chi connectivity index (χ2n) is 4.40. The molecule has 2 amide bonds. The van der Waals surface area contributed by atoms with E-state index in [1.807, 2.05) is 26.2 Å². The van der Waals surface area contributed by atoms with Crippen LogP contribution in [-0.2, 0) is 9.59 Å². The van der Waals surface area contributed by atoms with Crippen LogP contribution in [0, 0.1) is 12.8 Å². The number of primary amides is 1. The van der Waals surface area contributed by atoms with E-state index in [9.17, 15) is 9.59 Å². The third-order valence-electron chi connectivity index (χ3n) is 2.86. The molecule has 0 aliphatic heterocycles. The molecule has 19 heavy (non-hydrogen) atoms. The highest BCUT2D eigenvalue weighted by molar-refractivity contribution is 7.09. The van der Waals surface area contributed by atoms with Gasteiger partial charge in [0.2, 0.25) is 11.8 Å². The molecule has 0 spiro atoms. The van der Waals surface area contributed by atoms with Crippen LogP contribution in [0.2, 0.25) is 0 Å². The summed E-state index contributed by atoms with van der Waals surface area (Å²) in [6.07, 6.45) is 3.75. The molecule has 0 saturated heterocycles. The number of nitrogens with zero attached hydrogens (tertiary/aromatic N) is 1. The third kappa shape index (κ3) is 4.82. The maximum Gasteiger partial charge on any atom is 0.244 e. The average Bonchev–Trinajstić information content (AvgIpc) is 2.78.